The molecule has 0 aliphatic heterocycles. The Morgan fingerprint density at radius 3 is 2.00 bits per heavy atom. The van der Waals surface area contributed by atoms with Gasteiger partial charge in [0.15, 0.2) is 6.04 Å². The van der Waals surface area contributed by atoms with Crippen molar-refractivity contribution in [3.63, 3.8) is 0 Å². The van der Waals surface area contributed by atoms with Gasteiger partial charge in [-0.25, -0.2) is 9.59 Å². The van der Waals surface area contributed by atoms with Crippen LogP contribution >= 0.6 is 0 Å². The highest BCUT2D eigenvalue weighted by Gasteiger charge is 2.30. The number of ether oxygens (including phenoxy) is 4. The summed E-state index contributed by atoms with van der Waals surface area (Å²) >= 11 is 0. The van der Waals surface area contributed by atoms with Crippen molar-refractivity contribution in [2.75, 3.05) is 20.3 Å². The van der Waals surface area contributed by atoms with Gasteiger partial charge in [0.1, 0.15) is 19.0 Å². The van der Waals surface area contributed by atoms with Crippen LogP contribution in [0.3, 0.4) is 0 Å². The Kier molecular flexibility index (Phi) is 9.53. The van der Waals surface area contributed by atoms with Gasteiger partial charge in [0.25, 0.3) is 0 Å². The molecule has 0 bridgehead atoms. The fourth-order valence-electron chi connectivity index (χ4n) is 4.26. The number of carbonyl (C=O) groups is 2. The van der Waals surface area contributed by atoms with Crippen molar-refractivity contribution in [2.24, 2.45) is 0 Å². The van der Waals surface area contributed by atoms with Gasteiger partial charge in [0.2, 0.25) is 0 Å². The fourth-order valence-corrected chi connectivity index (χ4v) is 4.26. The van der Waals surface area contributed by atoms with E-state index in [1.807, 2.05) is 57.2 Å². The third-order valence-corrected chi connectivity index (χ3v) is 6.14. The van der Waals surface area contributed by atoms with E-state index in [1.54, 1.807) is 19.2 Å². The Morgan fingerprint density at radius 1 is 0.868 bits per heavy atom. The van der Waals surface area contributed by atoms with Crippen LogP contribution in [-0.2, 0) is 25.6 Å². The number of methoxy groups -OCH3 is 1. The standard InChI is InChI=1S/C30H33NO6.CH4/c1-30(2,3)37-19-27(28(32)35-17-20-13-15-21(34-4)16-14-20)31-29(33)36-18-26-24-11-7-5-9-22(24)23-10-6-8-12-25(23)26;/h5-16,26-27H,17-19H2,1-4H3,(H,31,33);1H4/t27-;/m1./s1. The van der Waals surface area contributed by atoms with Gasteiger partial charge in [-0.3, -0.25) is 0 Å². The van der Waals surface area contributed by atoms with Crippen LogP contribution in [0.1, 0.15) is 50.8 Å². The van der Waals surface area contributed by atoms with Crippen LogP contribution in [0.2, 0.25) is 0 Å². The number of alkyl carbamates (subject to hydrolysis) is 1. The van der Waals surface area contributed by atoms with Gasteiger partial charge in [-0.05, 0) is 60.7 Å². The summed E-state index contributed by atoms with van der Waals surface area (Å²) in [5, 5.41) is 2.64. The lowest BCUT2D eigenvalue weighted by Crippen LogP contribution is -2.46. The Morgan fingerprint density at radius 2 is 1.45 bits per heavy atom. The van der Waals surface area contributed by atoms with Gasteiger partial charge in [-0.1, -0.05) is 68.1 Å². The number of fused-ring (bicyclic) bond motifs is 3. The molecule has 0 unspecified atom stereocenters. The lowest BCUT2D eigenvalue weighted by atomic mass is 9.98. The van der Waals surface area contributed by atoms with Crippen LogP contribution in [0, 0.1) is 0 Å². The first-order valence-corrected chi connectivity index (χ1v) is 12.3. The number of hydrogen-bond acceptors (Lipinski definition) is 6. The molecule has 0 fully saturated rings. The Balaban J connectivity index is 0.00000400. The van der Waals surface area contributed by atoms with Crippen molar-refractivity contribution < 1.29 is 28.5 Å². The van der Waals surface area contributed by atoms with E-state index >= 15 is 0 Å². The van der Waals surface area contributed by atoms with Gasteiger partial charge >= 0.3 is 12.1 Å². The Bertz CT molecular complexity index is 1190. The average molecular weight is 520 g/mol. The van der Waals surface area contributed by atoms with Gasteiger partial charge < -0.3 is 24.3 Å². The molecule has 3 aromatic rings. The molecule has 0 heterocycles. The highest BCUT2D eigenvalue weighted by atomic mass is 16.6. The number of nitrogens with one attached hydrogen (secondary N) is 1. The minimum absolute atomic E-state index is 0. The normalized spacial score (nSPS) is 12.9. The maximum atomic E-state index is 12.9. The molecule has 202 valence electrons. The quantitative estimate of drug-likeness (QED) is 0.344. The number of rotatable bonds is 9. The molecule has 0 saturated carbocycles. The second-order valence-electron chi connectivity index (χ2n) is 9.90. The van der Waals surface area contributed by atoms with Crippen LogP contribution in [0.5, 0.6) is 5.75 Å². The summed E-state index contributed by atoms with van der Waals surface area (Å²) < 4.78 is 22.0. The zero-order chi connectivity index (χ0) is 26.4. The van der Waals surface area contributed by atoms with Gasteiger partial charge in [-0.15, -0.1) is 0 Å². The third kappa shape index (κ3) is 7.13. The first-order chi connectivity index (χ1) is 17.7. The van der Waals surface area contributed by atoms with E-state index in [4.69, 9.17) is 18.9 Å². The minimum Gasteiger partial charge on any atom is -0.497 e. The molecule has 0 radical (unpaired) electrons. The van der Waals surface area contributed by atoms with Crippen molar-refractivity contribution >= 4 is 12.1 Å². The maximum absolute atomic E-state index is 12.9. The lowest BCUT2D eigenvalue weighted by Gasteiger charge is -2.24. The second-order valence-corrected chi connectivity index (χ2v) is 9.90. The monoisotopic (exact) mass is 519 g/mol. The van der Waals surface area contributed by atoms with Crippen LogP contribution in [0.15, 0.2) is 72.8 Å². The number of hydrogen-bond donors (Lipinski definition) is 1. The summed E-state index contributed by atoms with van der Waals surface area (Å²) in [7, 11) is 1.59. The van der Waals surface area contributed by atoms with Crippen LogP contribution in [0.25, 0.3) is 11.1 Å². The molecule has 7 heteroatoms. The number of esters is 1. The van der Waals surface area contributed by atoms with Crippen molar-refractivity contribution in [3.8, 4) is 16.9 Å². The van der Waals surface area contributed by atoms with Crippen LogP contribution < -0.4 is 10.1 Å². The highest BCUT2D eigenvalue weighted by molar-refractivity contribution is 5.82. The van der Waals surface area contributed by atoms with E-state index in [0.717, 1.165) is 27.8 Å². The molecule has 3 aromatic carbocycles. The van der Waals surface area contributed by atoms with E-state index in [0.29, 0.717) is 5.75 Å². The molecule has 7 nitrogen and oxygen atoms in total. The van der Waals surface area contributed by atoms with E-state index in [9.17, 15) is 9.59 Å². The van der Waals surface area contributed by atoms with E-state index in [1.165, 1.54) is 0 Å². The molecule has 1 N–H and O–H groups in total. The van der Waals surface area contributed by atoms with Crippen molar-refractivity contribution in [3.05, 3.63) is 89.5 Å². The smallest absolute Gasteiger partial charge is 0.407 e. The van der Waals surface area contributed by atoms with Crippen LogP contribution in [0.4, 0.5) is 4.79 Å². The summed E-state index contributed by atoms with van der Waals surface area (Å²) in [6, 6.07) is 22.4. The molecule has 1 atom stereocenters. The minimum atomic E-state index is -1.02. The van der Waals surface area contributed by atoms with Crippen molar-refractivity contribution in [1.82, 2.24) is 5.32 Å². The molecule has 1 aliphatic carbocycles. The zero-order valence-corrected chi connectivity index (χ0v) is 21.7. The summed E-state index contributed by atoms with van der Waals surface area (Å²) in [6.07, 6.45) is -0.703. The summed E-state index contributed by atoms with van der Waals surface area (Å²) in [5.41, 5.74) is 4.81. The summed E-state index contributed by atoms with van der Waals surface area (Å²) in [6.45, 7) is 5.78. The summed E-state index contributed by atoms with van der Waals surface area (Å²) in [4.78, 5) is 25.7. The lowest BCUT2D eigenvalue weighted by molar-refractivity contribution is -0.150. The molecule has 4 rings (SSSR count). The Labute approximate surface area is 225 Å². The van der Waals surface area contributed by atoms with Crippen molar-refractivity contribution in [2.45, 2.75) is 52.4 Å². The number of benzene rings is 3. The molecule has 1 amide bonds. The first kappa shape index (κ1) is 28.7. The SMILES string of the molecule is C.COc1ccc(COC(=O)[C@@H](COC(C)(C)C)NC(=O)OCC2c3ccccc3-c3ccccc32)cc1. The topological polar surface area (TPSA) is 83.1 Å². The maximum Gasteiger partial charge on any atom is 0.407 e. The Hall–Kier alpha value is -3.84. The van der Waals surface area contributed by atoms with Crippen LogP contribution in [-0.4, -0.2) is 44.0 Å². The zero-order valence-electron chi connectivity index (χ0n) is 21.7. The van der Waals surface area contributed by atoms with E-state index in [2.05, 4.69) is 29.6 Å². The van der Waals surface area contributed by atoms with Gasteiger partial charge in [0, 0.05) is 5.92 Å². The molecule has 0 aromatic heterocycles. The average Bonchev–Trinajstić information content (AvgIpc) is 3.22. The molecule has 0 spiro atoms. The molecule has 1 aliphatic rings. The van der Waals surface area contributed by atoms with E-state index < -0.39 is 23.7 Å². The largest absolute Gasteiger partial charge is 0.497 e. The second kappa shape index (κ2) is 12.6. The third-order valence-electron chi connectivity index (χ3n) is 6.14. The van der Waals surface area contributed by atoms with E-state index in [-0.39, 0.29) is 33.2 Å². The number of carbonyl (C=O) groups excluding carboxylic acids is 2. The first-order valence-electron chi connectivity index (χ1n) is 12.3. The highest BCUT2D eigenvalue weighted by Crippen LogP contribution is 2.44. The predicted molar refractivity (Wildman–Crippen MR) is 147 cm³/mol. The molecular formula is C31H37NO6. The molecule has 0 saturated heterocycles. The van der Waals surface area contributed by atoms with Gasteiger partial charge in [-0.2, -0.15) is 0 Å². The molecule has 38 heavy (non-hydrogen) atoms. The van der Waals surface area contributed by atoms with Gasteiger partial charge in [0.05, 0.1) is 19.3 Å². The molecular weight excluding hydrogens is 482 g/mol. The number of amides is 1. The fraction of sp³-hybridized carbons (Fsp3) is 0.355. The van der Waals surface area contributed by atoms with Crippen molar-refractivity contribution in [1.29, 1.82) is 0 Å². The summed E-state index contributed by atoms with van der Waals surface area (Å²) in [5.74, 6) is 0.0291. The predicted octanol–water partition coefficient (Wildman–Crippen LogP) is 6.10.